The van der Waals surface area contributed by atoms with Crippen molar-refractivity contribution in [1.29, 1.82) is 0 Å². The average molecular weight is 252 g/mol. The molecule has 1 N–H and O–H groups in total. The zero-order valence-electron chi connectivity index (χ0n) is 12.7. The van der Waals surface area contributed by atoms with Crippen LogP contribution in [0.2, 0.25) is 0 Å². The normalized spacial score (nSPS) is 30.5. The van der Waals surface area contributed by atoms with Gasteiger partial charge in [-0.2, -0.15) is 0 Å². The lowest BCUT2D eigenvalue weighted by atomic mass is 9.82. The van der Waals surface area contributed by atoms with Gasteiger partial charge in [-0.15, -0.1) is 0 Å². The van der Waals surface area contributed by atoms with Crippen molar-refractivity contribution in [3.8, 4) is 0 Å². The Balaban J connectivity index is 1.88. The fourth-order valence-corrected chi connectivity index (χ4v) is 3.87. The highest BCUT2D eigenvalue weighted by Gasteiger charge is 2.35. The van der Waals surface area contributed by atoms with Gasteiger partial charge in [-0.1, -0.05) is 40.0 Å². The molecule has 106 valence electrons. The van der Waals surface area contributed by atoms with Gasteiger partial charge >= 0.3 is 0 Å². The van der Waals surface area contributed by atoms with Crippen LogP contribution in [0.1, 0.15) is 59.3 Å². The first-order valence-electron chi connectivity index (χ1n) is 8.15. The van der Waals surface area contributed by atoms with Gasteiger partial charge in [-0.05, 0) is 30.6 Å². The molecule has 2 unspecified atom stereocenters. The summed E-state index contributed by atoms with van der Waals surface area (Å²) in [6.07, 6.45) is 8.56. The van der Waals surface area contributed by atoms with E-state index in [0.29, 0.717) is 5.41 Å². The molecular weight excluding hydrogens is 220 g/mol. The van der Waals surface area contributed by atoms with E-state index in [1.54, 1.807) is 0 Å². The topological polar surface area (TPSA) is 15.3 Å². The molecule has 0 aromatic rings. The van der Waals surface area contributed by atoms with E-state index in [-0.39, 0.29) is 0 Å². The van der Waals surface area contributed by atoms with E-state index in [4.69, 9.17) is 0 Å². The van der Waals surface area contributed by atoms with Crippen LogP contribution in [-0.2, 0) is 0 Å². The van der Waals surface area contributed by atoms with Crippen molar-refractivity contribution in [2.24, 2.45) is 11.3 Å². The molecule has 1 aliphatic carbocycles. The monoisotopic (exact) mass is 252 g/mol. The van der Waals surface area contributed by atoms with Gasteiger partial charge in [0.1, 0.15) is 0 Å². The molecule has 2 aliphatic rings. The summed E-state index contributed by atoms with van der Waals surface area (Å²) >= 11 is 0. The fraction of sp³-hybridized carbons (Fsp3) is 1.00. The lowest BCUT2D eigenvalue weighted by Gasteiger charge is -2.41. The van der Waals surface area contributed by atoms with Crippen LogP contribution >= 0.6 is 0 Å². The number of hydrogen-bond donors (Lipinski definition) is 1. The van der Waals surface area contributed by atoms with Crippen molar-refractivity contribution >= 4 is 0 Å². The summed E-state index contributed by atoms with van der Waals surface area (Å²) in [5.74, 6) is 0.814. The number of nitrogens with one attached hydrogen (secondary N) is 1. The SMILES string of the molecule is CCC(C)C1CN(CC2(CC)CCCC2)CCN1. The quantitative estimate of drug-likeness (QED) is 0.808. The molecule has 2 fully saturated rings. The molecular formula is C16H32N2. The van der Waals surface area contributed by atoms with E-state index < -0.39 is 0 Å². The lowest BCUT2D eigenvalue weighted by Crippen LogP contribution is -2.55. The van der Waals surface area contributed by atoms with Gasteiger partial charge in [0.25, 0.3) is 0 Å². The first kappa shape index (κ1) is 14.3. The van der Waals surface area contributed by atoms with Crippen LogP contribution in [0.3, 0.4) is 0 Å². The van der Waals surface area contributed by atoms with Crippen molar-refractivity contribution in [3.63, 3.8) is 0 Å². The minimum absolute atomic E-state index is 0.664. The second kappa shape index (κ2) is 6.38. The van der Waals surface area contributed by atoms with E-state index >= 15 is 0 Å². The minimum Gasteiger partial charge on any atom is -0.311 e. The number of hydrogen-bond acceptors (Lipinski definition) is 2. The smallest absolute Gasteiger partial charge is 0.0221 e. The number of piperazine rings is 1. The van der Waals surface area contributed by atoms with Gasteiger partial charge in [0.15, 0.2) is 0 Å². The predicted octanol–water partition coefficient (Wildman–Crippen LogP) is 3.28. The molecule has 1 saturated heterocycles. The molecule has 0 aromatic heterocycles. The minimum atomic E-state index is 0.664. The highest BCUT2D eigenvalue weighted by atomic mass is 15.2. The van der Waals surface area contributed by atoms with Crippen LogP contribution in [-0.4, -0.2) is 37.1 Å². The third-order valence-corrected chi connectivity index (χ3v) is 5.59. The Kier molecular flexibility index (Phi) is 5.08. The van der Waals surface area contributed by atoms with Gasteiger partial charge in [-0.25, -0.2) is 0 Å². The maximum atomic E-state index is 3.71. The third-order valence-electron chi connectivity index (χ3n) is 5.59. The first-order chi connectivity index (χ1) is 8.69. The molecule has 0 radical (unpaired) electrons. The van der Waals surface area contributed by atoms with Crippen molar-refractivity contribution in [2.45, 2.75) is 65.3 Å². The maximum Gasteiger partial charge on any atom is 0.0221 e. The van der Waals surface area contributed by atoms with Gasteiger partial charge in [-0.3, -0.25) is 4.90 Å². The van der Waals surface area contributed by atoms with Crippen molar-refractivity contribution in [1.82, 2.24) is 10.2 Å². The maximum absolute atomic E-state index is 3.71. The van der Waals surface area contributed by atoms with E-state index in [9.17, 15) is 0 Å². The molecule has 1 saturated carbocycles. The molecule has 1 heterocycles. The molecule has 1 aliphatic heterocycles. The van der Waals surface area contributed by atoms with Gasteiger partial charge in [0.05, 0.1) is 0 Å². The molecule has 2 heteroatoms. The largest absolute Gasteiger partial charge is 0.311 e. The second-order valence-corrected chi connectivity index (χ2v) is 6.74. The molecule has 0 bridgehead atoms. The number of rotatable bonds is 5. The average Bonchev–Trinajstić information content (AvgIpc) is 2.87. The lowest BCUT2D eigenvalue weighted by molar-refractivity contribution is 0.102. The van der Waals surface area contributed by atoms with Crippen molar-refractivity contribution in [2.75, 3.05) is 26.2 Å². The van der Waals surface area contributed by atoms with E-state index in [0.717, 1.165) is 12.0 Å². The Labute approximate surface area is 114 Å². The highest BCUT2D eigenvalue weighted by Crippen LogP contribution is 2.41. The zero-order valence-corrected chi connectivity index (χ0v) is 12.7. The van der Waals surface area contributed by atoms with Gasteiger partial charge in [0, 0.05) is 32.2 Å². The van der Waals surface area contributed by atoms with E-state index in [1.165, 1.54) is 64.7 Å². The Morgan fingerprint density at radius 1 is 1.28 bits per heavy atom. The first-order valence-corrected chi connectivity index (χ1v) is 8.15. The van der Waals surface area contributed by atoms with Crippen LogP contribution in [0.25, 0.3) is 0 Å². The molecule has 0 amide bonds. The molecule has 18 heavy (non-hydrogen) atoms. The van der Waals surface area contributed by atoms with Crippen LogP contribution in [0.4, 0.5) is 0 Å². The Morgan fingerprint density at radius 3 is 2.61 bits per heavy atom. The standard InChI is InChI=1S/C16H32N2/c1-4-14(3)15-12-18(11-10-17-15)13-16(5-2)8-6-7-9-16/h14-15,17H,4-13H2,1-3H3. The summed E-state index contributed by atoms with van der Waals surface area (Å²) in [6.45, 7) is 12.2. The summed E-state index contributed by atoms with van der Waals surface area (Å²) in [5, 5.41) is 3.71. The van der Waals surface area contributed by atoms with Crippen LogP contribution in [0.5, 0.6) is 0 Å². The predicted molar refractivity (Wildman–Crippen MR) is 78.9 cm³/mol. The molecule has 2 nitrogen and oxygen atoms in total. The zero-order chi connectivity index (χ0) is 13.0. The van der Waals surface area contributed by atoms with Gasteiger partial charge in [0.2, 0.25) is 0 Å². The van der Waals surface area contributed by atoms with Crippen LogP contribution in [0.15, 0.2) is 0 Å². The number of nitrogens with zero attached hydrogens (tertiary/aromatic N) is 1. The third kappa shape index (κ3) is 3.27. The molecule has 2 rings (SSSR count). The fourth-order valence-electron chi connectivity index (χ4n) is 3.87. The summed E-state index contributed by atoms with van der Waals surface area (Å²) < 4.78 is 0. The van der Waals surface area contributed by atoms with E-state index in [2.05, 4.69) is 31.0 Å². The van der Waals surface area contributed by atoms with E-state index in [1.807, 2.05) is 0 Å². The Morgan fingerprint density at radius 2 is 2.00 bits per heavy atom. The highest BCUT2D eigenvalue weighted by molar-refractivity contribution is 4.90. The molecule has 0 spiro atoms. The van der Waals surface area contributed by atoms with Crippen molar-refractivity contribution in [3.05, 3.63) is 0 Å². The van der Waals surface area contributed by atoms with Crippen LogP contribution < -0.4 is 5.32 Å². The molecule has 2 atom stereocenters. The summed E-state index contributed by atoms with van der Waals surface area (Å²) in [7, 11) is 0. The van der Waals surface area contributed by atoms with Gasteiger partial charge < -0.3 is 5.32 Å². The summed E-state index contributed by atoms with van der Waals surface area (Å²) in [4.78, 5) is 2.75. The summed E-state index contributed by atoms with van der Waals surface area (Å²) in [6, 6.07) is 0.721. The van der Waals surface area contributed by atoms with Crippen LogP contribution in [0, 0.1) is 11.3 Å². The Hall–Kier alpha value is -0.0800. The van der Waals surface area contributed by atoms with Crippen molar-refractivity contribution < 1.29 is 0 Å². The summed E-state index contributed by atoms with van der Waals surface area (Å²) in [5.41, 5.74) is 0.664. The molecule has 0 aromatic carbocycles. The Bertz CT molecular complexity index is 245. The second-order valence-electron chi connectivity index (χ2n) is 6.74.